The second-order valence-electron chi connectivity index (χ2n) is 5.99. The Hall–Kier alpha value is -2.18. The average molecular weight is 346 g/mol. The van der Waals surface area contributed by atoms with Gasteiger partial charge in [0.1, 0.15) is 0 Å². The van der Waals surface area contributed by atoms with Crippen molar-refractivity contribution >= 4 is 21.6 Å². The number of nitrogens with two attached hydrogens (primary N) is 1. The smallest absolute Gasteiger partial charge is 0.238 e. The Balaban J connectivity index is 2.12. The Morgan fingerprint density at radius 3 is 2.46 bits per heavy atom. The molecule has 2 aromatic rings. The zero-order chi connectivity index (χ0) is 17.9. The Morgan fingerprint density at radius 2 is 1.83 bits per heavy atom. The standard InChI is InChI=1S/C18H22N2O3S/c1-12-5-4-6-15(9-12)7-8-18(21)20-17-11-16(24(19,22)23)10-13(2)14(17)3/h4-6,9-11H,7-8H2,1-3H3,(H,20,21)(H2,19,22,23). The minimum atomic E-state index is -3.81. The molecule has 0 saturated heterocycles. The summed E-state index contributed by atoms with van der Waals surface area (Å²) in [5.74, 6) is -0.162. The molecule has 128 valence electrons. The molecule has 0 unspecified atom stereocenters. The molecule has 0 atom stereocenters. The molecule has 0 aliphatic rings. The second kappa shape index (κ2) is 7.15. The lowest BCUT2D eigenvalue weighted by atomic mass is 10.1. The fourth-order valence-corrected chi connectivity index (χ4v) is 3.08. The summed E-state index contributed by atoms with van der Waals surface area (Å²) in [6.07, 6.45) is 0.946. The number of carbonyl (C=O) groups excluding carboxylic acids is 1. The van der Waals surface area contributed by atoms with Gasteiger partial charge in [0.05, 0.1) is 4.90 Å². The number of carbonyl (C=O) groups is 1. The fraction of sp³-hybridized carbons (Fsp3) is 0.278. The van der Waals surface area contributed by atoms with E-state index < -0.39 is 10.0 Å². The lowest BCUT2D eigenvalue weighted by molar-refractivity contribution is -0.116. The third-order valence-corrected chi connectivity index (χ3v) is 4.86. The monoisotopic (exact) mass is 346 g/mol. The number of hydrogen-bond acceptors (Lipinski definition) is 3. The van der Waals surface area contributed by atoms with Crippen molar-refractivity contribution in [2.45, 2.75) is 38.5 Å². The highest BCUT2D eigenvalue weighted by Gasteiger charge is 2.14. The molecule has 0 aliphatic carbocycles. The first kappa shape index (κ1) is 18.2. The van der Waals surface area contributed by atoms with Crippen molar-refractivity contribution < 1.29 is 13.2 Å². The van der Waals surface area contributed by atoms with Crippen LogP contribution in [-0.2, 0) is 21.2 Å². The zero-order valence-electron chi connectivity index (χ0n) is 14.1. The van der Waals surface area contributed by atoms with Crippen LogP contribution >= 0.6 is 0 Å². The van der Waals surface area contributed by atoms with Crippen molar-refractivity contribution in [3.63, 3.8) is 0 Å². The topological polar surface area (TPSA) is 89.3 Å². The summed E-state index contributed by atoms with van der Waals surface area (Å²) < 4.78 is 23.1. The van der Waals surface area contributed by atoms with Crippen LogP contribution in [0, 0.1) is 20.8 Å². The molecule has 0 fully saturated rings. The van der Waals surface area contributed by atoms with Crippen LogP contribution in [0.2, 0.25) is 0 Å². The molecule has 0 spiro atoms. The van der Waals surface area contributed by atoms with E-state index in [2.05, 4.69) is 5.32 Å². The third kappa shape index (κ3) is 4.66. The normalized spacial score (nSPS) is 11.3. The van der Waals surface area contributed by atoms with Crippen molar-refractivity contribution in [2.24, 2.45) is 5.14 Å². The minimum Gasteiger partial charge on any atom is -0.326 e. The number of rotatable bonds is 5. The third-order valence-electron chi connectivity index (χ3n) is 3.97. The van der Waals surface area contributed by atoms with Crippen molar-refractivity contribution in [2.75, 3.05) is 5.32 Å². The summed E-state index contributed by atoms with van der Waals surface area (Å²) in [5, 5.41) is 7.97. The molecular weight excluding hydrogens is 324 g/mol. The summed E-state index contributed by atoms with van der Waals surface area (Å²) in [6.45, 7) is 5.62. The number of sulfonamides is 1. The van der Waals surface area contributed by atoms with Crippen LogP contribution in [0.4, 0.5) is 5.69 Å². The Labute approximate surface area is 142 Å². The van der Waals surface area contributed by atoms with Gasteiger partial charge in [0.25, 0.3) is 0 Å². The van der Waals surface area contributed by atoms with E-state index >= 15 is 0 Å². The number of benzene rings is 2. The number of nitrogens with one attached hydrogen (secondary N) is 1. The summed E-state index contributed by atoms with van der Waals surface area (Å²) in [5.41, 5.74) is 4.31. The maximum Gasteiger partial charge on any atom is 0.238 e. The van der Waals surface area contributed by atoms with Gasteiger partial charge in [-0.25, -0.2) is 13.6 Å². The van der Waals surface area contributed by atoms with E-state index in [1.54, 1.807) is 6.92 Å². The molecule has 0 saturated carbocycles. The van der Waals surface area contributed by atoms with Crippen LogP contribution in [0.15, 0.2) is 41.3 Å². The molecule has 6 heteroatoms. The quantitative estimate of drug-likeness (QED) is 0.872. The predicted octanol–water partition coefficient (Wildman–Crippen LogP) is 2.83. The Morgan fingerprint density at radius 1 is 1.12 bits per heavy atom. The van der Waals surface area contributed by atoms with Gasteiger partial charge in [-0.15, -0.1) is 0 Å². The van der Waals surface area contributed by atoms with E-state index in [9.17, 15) is 13.2 Å². The van der Waals surface area contributed by atoms with Gasteiger partial charge < -0.3 is 5.32 Å². The molecule has 2 rings (SSSR count). The molecule has 3 N–H and O–H groups in total. The van der Waals surface area contributed by atoms with E-state index in [0.717, 1.165) is 22.3 Å². The van der Waals surface area contributed by atoms with Crippen LogP contribution in [0.5, 0.6) is 0 Å². The molecule has 5 nitrogen and oxygen atoms in total. The van der Waals surface area contributed by atoms with Crippen LogP contribution in [0.1, 0.15) is 28.7 Å². The van der Waals surface area contributed by atoms with Gasteiger partial charge in [-0.2, -0.15) is 0 Å². The SMILES string of the molecule is Cc1cccc(CCC(=O)Nc2cc(S(N)(=O)=O)cc(C)c2C)c1. The summed E-state index contributed by atoms with van der Waals surface area (Å²) in [7, 11) is -3.81. The van der Waals surface area contributed by atoms with Crippen molar-refractivity contribution in [3.05, 3.63) is 58.7 Å². The molecule has 2 aromatic carbocycles. The summed E-state index contributed by atoms with van der Waals surface area (Å²) in [6, 6.07) is 10.9. The number of aryl methyl sites for hydroxylation is 3. The van der Waals surface area contributed by atoms with Crippen LogP contribution in [0.3, 0.4) is 0 Å². The molecule has 0 heterocycles. The van der Waals surface area contributed by atoms with Gasteiger partial charge in [-0.3, -0.25) is 4.79 Å². The Bertz CT molecular complexity index is 874. The Kier molecular flexibility index (Phi) is 5.41. The first-order valence-electron chi connectivity index (χ1n) is 7.66. The predicted molar refractivity (Wildman–Crippen MR) is 95.4 cm³/mol. The first-order valence-corrected chi connectivity index (χ1v) is 9.21. The molecule has 24 heavy (non-hydrogen) atoms. The lowest BCUT2D eigenvalue weighted by Crippen LogP contribution is -2.16. The van der Waals surface area contributed by atoms with Crippen molar-refractivity contribution in [1.29, 1.82) is 0 Å². The van der Waals surface area contributed by atoms with E-state index in [0.29, 0.717) is 18.5 Å². The van der Waals surface area contributed by atoms with Crippen molar-refractivity contribution in [3.8, 4) is 0 Å². The lowest BCUT2D eigenvalue weighted by Gasteiger charge is -2.13. The minimum absolute atomic E-state index is 0.000385. The number of primary sulfonamides is 1. The van der Waals surface area contributed by atoms with E-state index in [4.69, 9.17) is 5.14 Å². The largest absolute Gasteiger partial charge is 0.326 e. The molecule has 0 aromatic heterocycles. The molecule has 1 amide bonds. The van der Waals surface area contributed by atoms with Gasteiger partial charge in [0.15, 0.2) is 0 Å². The number of anilines is 1. The van der Waals surface area contributed by atoms with E-state index in [1.165, 1.54) is 12.1 Å². The van der Waals surface area contributed by atoms with Crippen LogP contribution in [-0.4, -0.2) is 14.3 Å². The van der Waals surface area contributed by atoms with Crippen LogP contribution < -0.4 is 10.5 Å². The molecular formula is C18H22N2O3S. The highest BCUT2D eigenvalue weighted by molar-refractivity contribution is 7.89. The van der Waals surface area contributed by atoms with Crippen molar-refractivity contribution in [1.82, 2.24) is 0 Å². The fourth-order valence-electron chi connectivity index (χ4n) is 2.46. The molecule has 0 bridgehead atoms. The average Bonchev–Trinajstić information content (AvgIpc) is 2.48. The molecule has 0 aliphatic heterocycles. The van der Waals surface area contributed by atoms with E-state index in [-0.39, 0.29) is 10.8 Å². The number of amides is 1. The van der Waals surface area contributed by atoms with Gasteiger partial charge in [0, 0.05) is 12.1 Å². The first-order chi connectivity index (χ1) is 11.2. The second-order valence-corrected chi connectivity index (χ2v) is 7.56. The maximum atomic E-state index is 12.2. The van der Waals surface area contributed by atoms with E-state index in [1.807, 2.05) is 38.1 Å². The highest BCUT2D eigenvalue weighted by Crippen LogP contribution is 2.23. The summed E-state index contributed by atoms with van der Waals surface area (Å²) in [4.78, 5) is 12.2. The molecule has 0 radical (unpaired) electrons. The number of hydrogen-bond donors (Lipinski definition) is 2. The van der Waals surface area contributed by atoms with Gasteiger partial charge in [-0.05, 0) is 56.0 Å². The van der Waals surface area contributed by atoms with Crippen LogP contribution in [0.25, 0.3) is 0 Å². The highest BCUT2D eigenvalue weighted by atomic mass is 32.2. The van der Waals surface area contributed by atoms with Gasteiger partial charge >= 0.3 is 0 Å². The zero-order valence-corrected chi connectivity index (χ0v) is 14.9. The van der Waals surface area contributed by atoms with Gasteiger partial charge in [-0.1, -0.05) is 29.8 Å². The summed E-state index contributed by atoms with van der Waals surface area (Å²) >= 11 is 0. The van der Waals surface area contributed by atoms with Gasteiger partial charge in [0.2, 0.25) is 15.9 Å². The maximum absolute atomic E-state index is 12.2.